The summed E-state index contributed by atoms with van der Waals surface area (Å²) in [5, 5.41) is 8.73. The van der Waals surface area contributed by atoms with E-state index in [9.17, 15) is 0 Å². The van der Waals surface area contributed by atoms with E-state index in [2.05, 4.69) is 13.8 Å². The van der Waals surface area contributed by atoms with E-state index in [0.29, 0.717) is 12.5 Å². The minimum absolute atomic E-state index is 0.0287. The van der Waals surface area contributed by atoms with Gasteiger partial charge in [-0.3, -0.25) is 0 Å². The van der Waals surface area contributed by atoms with Crippen molar-refractivity contribution in [1.29, 1.82) is 0 Å². The Morgan fingerprint density at radius 2 is 2.07 bits per heavy atom. The van der Waals surface area contributed by atoms with E-state index in [4.69, 9.17) is 15.6 Å². The monoisotopic (exact) mass is 209 g/mol. The molecule has 3 nitrogen and oxygen atoms in total. The van der Waals surface area contributed by atoms with E-state index in [1.165, 1.54) is 0 Å². The molecule has 1 aromatic carbocycles. The van der Waals surface area contributed by atoms with Crippen molar-refractivity contribution in [2.75, 3.05) is 18.9 Å². The summed E-state index contributed by atoms with van der Waals surface area (Å²) in [4.78, 5) is 0. The molecule has 15 heavy (non-hydrogen) atoms. The second-order valence-corrected chi connectivity index (χ2v) is 3.97. The number of aliphatic hydroxyl groups is 1. The molecule has 84 valence electrons. The van der Waals surface area contributed by atoms with Crippen molar-refractivity contribution in [2.45, 2.75) is 26.7 Å². The molecule has 3 heteroatoms. The van der Waals surface area contributed by atoms with Crippen LogP contribution in [0, 0.1) is 6.92 Å². The number of hydrogen-bond acceptors (Lipinski definition) is 3. The summed E-state index contributed by atoms with van der Waals surface area (Å²) in [7, 11) is 0. The summed E-state index contributed by atoms with van der Waals surface area (Å²) in [6, 6.07) is 3.88. The molecule has 0 aromatic heterocycles. The van der Waals surface area contributed by atoms with Gasteiger partial charge in [-0.25, -0.2) is 0 Å². The van der Waals surface area contributed by atoms with Crippen LogP contribution in [0.1, 0.15) is 30.9 Å². The van der Waals surface area contributed by atoms with Crippen molar-refractivity contribution < 1.29 is 9.84 Å². The van der Waals surface area contributed by atoms with Gasteiger partial charge in [0.1, 0.15) is 12.4 Å². The van der Waals surface area contributed by atoms with Gasteiger partial charge in [-0.05, 0) is 36.1 Å². The highest BCUT2D eigenvalue weighted by Crippen LogP contribution is 2.30. The quantitative estimate of drug-likeness (QED) is 0.746. The molecule has 0 bridgehead atoms. The molecule has 0 aliphatic rings. The Balaban J connectivity index is 3.04. The smallest absolute Gasteiger partial charge is 0.123 e. The topological polar surface area (TPSA) is 55.5 Å². The van der Waals surface area contributed by atoms with Crippen LogP contribution in [-0.4, -0.2) is 18.3 Å². The molecule has 0 heterocycles. The fraction of sp³-hybridized carbons (Fsp3) is 0.500. The fourth-order valence-corrected chi connectivity index (χ4v) is 1.45. The van der Waals surface area contributed by atoms with E-state index in [1.54, 1.807) is 0 Å². The molecule has 0 aliphatic heterocycles. The molecule has 0 aliphatic carbocycles. The van der Waals surface area contributed by atoms with Gasteiger partial charge in [-0.2, -0.15) is 0 Å². The highest BCUT2D eigenvalue weighted by Gasteiger charge is 2.10. The summed E-state index contributed by atoms with van der Waals surface area (Å²) in [6.07, 6.45) is 0. The average Bonchev–Trinajstić information content (AvgIpc) is 2.19. The number of anilines is 1. The molecule has 0 saturated heterocycles. The van der Waals surface area contributed by atoms with E-state index in [1.807, 2.05) is 19.1 Å². The van der Waals surface area contributed by atoms with Crippen LogP contribution in [0.4, 0.5) is 5.69 Å². The van der Waals surface area contributed by atoms with E-state index < -0.39 is 0 Å². The first-order chi connectivity index (χ1) is 7.06. The minimum Gasteiger partial charge on any atom is -0.491 e. The van der Waals surface area contributed by atoms with Gasteiger partial charge in [0.25, 0.3) is 0 Å². The van der Waals surface area contributed by atoms with Crippen LogP contribution in [0.5, 0.6) is 5.75 Å². The van der Waals surface area contributed by atoms with Gasteiger partial charge < -0.3 is 15.6 Å². The molecular weight excluding hydrogens is 190 g/mol. The Morgan fingerprint density at radius 1 is 1.40 bits per heavy atom. The largest absolute Gasteiger partial charge is 0.491 e. The fourth-order valence-electron chi connectivity index (χ4n) is 1.45. The molecule has 0 spiro atoms. The molecule has 0 unspecified atom stereocenters. The lowest BCUT2D eigenvalue weighted by molar-refractivity contribution is 0.200. The van der Waals surface area contributed by atoms with Crippen LogP contribution in [0.3, 0.4) is 0 Å². The van der Waals surface area contributed by atoms with Gasteiger partial charge in [0.05, 0.1) is 6.61 Å². The van der Waals surface area contributed by atoms with Gasteiger partial charge in [-0.15, -0.1) is 0 Å². The zero-order valence-electron chi connectivity index (χ0n) is 9.58. The molecule has 3 N–H and O–H groups in total. The van der Waals surface area contributed by atoms with Crippen molar-refractivity contribution in [1.82, 2.24) is 0 Å². The molecule has 1 rings (SSSR count). The number of aryl methyl sites for hydroxylation is 1. The summed E-state index contributed by atoms with van der Waals surface area (Å²) >= 11 is 0. The SMILES string of the molecule is Cc1cc(OCCO)c(C(C)C)cc1N. The third-order valence-electron chi connectivity index (χ3n) is 2.37. The Bertz CT molecular complexity index is 335. The summed E-state index contributed by atoms with van der Waals surface area (Å²) < 4.78 is 5.48. The van der Waals surface area contributed by atoms with Crippen LogP contribution >= 0.6 is 0 Å². The van der Waals surface area contributed by atoms with Gasteiger partial charge >= 0.3 is 0 Å². The maximum Gasteiger partial charge on any atom is 0.123 e. The number of nitrogens with two attached hydrogens (primary N) is 1. The normalized spacial score (nSPS) is 10.7. The molecule has 0 amide bonds. The van der Waals surface area contributed by atoms with Crippen LogP contribution < -0.4 is 10.5 Å². The first-order valence-electron chi connectivity index (χ1n) is 5.20. The van der Waals surface area contributed by atoms with Crippen LogP contribution in [-0.2, 0) is 0 Å². The second-order valence-electron chi connectivity index (χ2n) is 3.97. The lowest BCUT2D eigenvalue weighted by atomic mass is 9.99. The zero-order valence-corrected chi connectivity index (χ0v) is 9.58. The number of rotatable bonds is 4. The molecular formula is C12H19NO2. The Labute approximate surface area is 90.9 Å². The summed E-state index contributed by atoms with van der Waals surface area (Å²) in [6.45, 7) is 6.49. The highest BCUT2D eigenvalue weighted by atomic mass is 16.5. The maximum atomic E-state index is 8.73. The van der Waals surface area contributed by atoms with Gasteiger partial charge in [0.2, 0.25) is 0 Å². The predicted molar refractivity (Wildman–Crippen MR) is 62.3 cm³/mol. The Kier molecular flexibility index (Phi) is 3.97. The third kappa shape index (κ3) is 2.86. The molecule has 0 saturated carbocycles. The zero-order chi connectivity index (χ0) is 11.4. The number of hydrogen-bond donors (Lipinski definition) is 2. The van der Waals surface area contributed by atoms with Gasteiger partial charge in [0, 0.05) is 5.69 Å². The van der Waals surface area contributed by atoms with Crippen LogP contribution in [0.2, 0.25) is 0 Å². The van der Waals surface area contributed by atoms with Crippen molar-refractivity contribution in [3.05, 3.63) is 23.3 Å². The maximum absolute atomic E-state index is 8.73. The molecule has 0 fully saturated rings. The van der Waals surface area contributed by atoms with Crippen molar-refractivity contribution in [2.24, 2.45) is 0 Å². The first kappa shape index (κ1) is 11.9. The molecule has 0 radical (unpaired) electrons. The number of nitrogen functional groups attached to an aromatic ring is 1. The third-order valence-corrected chi connectivity index (χ3v) is 2.37. The minimum atomic E-state index is 0.0287. The first-order valence-corrected chi connectivity index (χ1v) is 5.20. The van der Waals surface area contributed by atoms with Crippen LogP contribution in [0.25, 0.3) is 0 Å². The van der Waals surface area contributed by atoms with Crippen molar-refractivity contribution >= 4 is 5.69 Å². The summed E-state index contributed by atoms with van der Waals surface area (Å²) in [5.41, 5.74) is 8.73. The van der Waals surface area contributed by atoms with Gasteiger partial charge in [0.15, 0.2) is 0 Å². The molecule has 0 atom stereocenters. The number of aliphatic hydroxyl groups excluding tert-OH is 1. The molecule has 1 aromatic rings. The summed E-state index contributed by atoms with van der Waals surface area (Å²) in [5.74, 6) is 1.19. The number of ether oxygens (including phenoxy) is 1. The van der Waals surface area contributed by atoms with Crippen molar-refractivity contribution in [3.63, 3.8) is 0 Å². The number of benzene rings is 1. The second kappa shape index (κ2) is 5.03. The standard InChI is InChI=1S/C12H19NO2/c1-8(2)10-7-11(13)9(3)6-12(10)15-5-4-14/h6-8,14H,4-5,13H2,1-3H3. The van der Waals surface area contributed by atoms with E-state index in [-0.39, 0.29) is 6.61 Å². The van der Waals surface area contributed by atoms with E-state index >= 15 is 0 Å². The lowest BCUT2D eigenvalue weighted by Crippen LogP contribution is -2.06. The van der Waals surface area contributed by atoms with Gasteiger partial charge in [-0.1, -0.05) is 13.8 Å². The Hall–Kier alpha value is -1.22. The average molecular weight is 209 g/mol. The van der Waals surface area contributed by atoms with E-state index in [0.717, 1.165) is 22.6 Å². The lowest BCUT2D eigenvalue weighted by Gasteiger charge is -2.15. The predicted octanol–water partition coefficient (Wildman–Crippen LogP) is 2.07. The van der Waals surface area contributed by atoms with Crippen LogP contribution in [0.15, 0.2) is 12.1 Å². The Morgan fingerprint density at radius 3 is 2.60 bits per heavy atom. The van der Waals surface area contributed by atoms with Crippen molar-refractivity contribution in [3.8, 4) is 5.75 Å². The highest BCUT2D eigenvalue weighted by molar-refractivity contribution is 5.55.